The van der Waals surface area contributed by atoms with Gasteiger partial charge in [-0.25, -0.2) is 9.97 Å². The van der Waals surface area contributed by atoms with Crippen LogP contribution in [0.3, 0.4) is 0 Å². The highest BCUT2D eigenvalue weighted by Crippen LogP contribution is 2.18. The Bertz CT molecular complexity index is 519. The van der Waals surface area contributed by atoms with Gasteiger partial charge in [-0.1, -0.05) is 18.2 Å². The summed E-state index contributed by atoms with van der Waals surface area (Å²) in [5, 5.41) is 3.30. The van der Waals surface area contributed by atoms with Crippen LogP contribution in [0.5, 0.6) is 5.75 Å². The van der Waals surface area contributed by atoms with Crippen molar-refractivity contribution in [2.24, 2.45) is 0 Å². The van der Waals surface area contributed by atoms with Gasteiger partial charge in [0.15, 0.2) is 0 Å². The van der Waals surface area contributed by atoms with Gasteiger partial charge in [0, 0.05) is 12.7 Å². The van der Waals surface area contributed by atoms with E-state index in [2.05, 4.69) is 43.9 Å². The number of methoxy groups -OCH3 is 1. The summed E-state index contributed by atoms with van der Waals surface area (Å²) >= 11 is 2.22. The van der Waals surface area contributed by atoms with Crippen molar-refractivity contribution in [1.82, 2.24) is 9.97 Å². The predicted molar refractivity (Wildman–Crippen MR) is 79.9 cm³/mol. The number of para-hydroxylation sites is 1. The molecule has 4 nitrogen and oxygen atoms in total. The maximum atomic E-state index is 5.32. The highest BCUT2D eigenvalue weighted by atomic mass is 127. The van der Waals surface area contributed by atoms with E-state index < -0.39 is 0 Å². The van der Waals surface area contributed by atoms with Crippen LogP contribution < -0.4 is 10.1 Å². The molecule has 1 N–H and O–H groups in total. The van der Waals surface area contributed by atoms with Crippen LogP contribution in [-0.4, -0.2) is 23.6 Å². The van der Waals surface area contributed by atoms with Crippen molar-refractivity contribution in [2.45, 2.75) is 6.42 Å². The Kier molecular flexibility index (Phi) is 4.74. The van der Waals surface area contributed by atoms with Gasteiger partial charge in [-0.2, -0.15) is 0 Å². The number of aromatic nitrogens is 2. The third-order valence-corrected chi connectivity index (χ3v) is 3.34. The number of ether oxygens (including phenoxy) is 1. The van der Waals surface area contributed by atoms with Gasteiger partial charge in [0.2, 0.25) is 0 Å². The Labute approximate surface area is 120 Å². The lowest BCUT2D eigenvalue weighted by molar-refractivity contribution is 0.410. The molecule has 2 aromatic rings. The molecule has 0 aliphatic rings. The van der Waals surface area contributed by atoms with E-state index in [9.17, 15) is 0 Å². The number of hydrogen-bond acceptors (Lipinski definition) is 4. The summed E-state index contributed by atoms with van der Waals surface area (Å²) in [6, 6.07) is 8.05. The molecule has 0 atom stereocenters. The molecule has 18 heavy (non-hydrogen) atoms. The molecule has 94 valence electrons. The van der Waals surface area contributed by atoms with Crippen molar-refractivity contribution in [2.75, 3.05) is 19.0 Å². The number of halogens is 1. The fourth-order valence-corrected chi connectivity index (χ4v) is 2.16. The maximum absolute atomic E-state index is 5.32. The van der Waals surface area contributed by atoms with E-state index in [4.69, 9.17) is 4.74 Å². The van der Waals surface area contributed by atoms with Crippen LogP contribution >= 0.6 is 22.6 Å². The standard InChI is InChI=1S/C13H14IN3O/c1-18-12-5-3-2-4-10(12)6-7-16-13-11(14)8-15-9-17-13/h2-5,8-9H,6-7H2,1H3,(H,15,16,17). The maximum Gasteiger partial charge on any atom is 0.142 e. The summed E-state index contributed by atoms with van der Waals surface area (Å²) in [5.41, 5.74) is 1.19. The van der Waals surface area contributed by atoms with Crippen LogP contribution in [0.25, 0.3) is 0 Å². The second kappa shape index (κ2) is 6.53. The first-order valence-corrected chi connectivity index (χ1v) is 6.70. The molecule has 1 aromatic heterocycles. The highest BCUT2D eigenvalue weighted by Gasteiger charge is 2.03. The molecule has 0 saturated heterocycles. The molecule has 1 aromatic carbocycles. The predicted octanol–water partition coefficient (Wildman–Crippen LogP) is 2.74. The topological polar surface area (TPSA) is 47.0 Å². The molecule has 0 aliphatic carbocycles. The summed E-state index contributed by atoms with van der Waals surface area (Å²) in [6.45, 7) is 0.813. The summed E-state index contributed by atoms with van der Waals surface area (Å²) in [4.78, 5) is 8.15. The van der Waals surface area contributed by atoms with Gasteiger partial charge in [-0.3, -0.25) is 0 Å². The second-order valence-corrected chi connectivity index (χ2v) is 4.87. The van der Waals surface area contributed by atoms with Gasteiger partial charge in [0.25, 0.3) is 0 Å². The number of nitrogens with zero attached hydrogens (tertiary/aromatic N) is 2. The lowest BCUT2D eigenvalue weighted by atomic mass is 10.1. The Morgan fingerprint density at radius 1 is 1.33 bits per heavy atom. The normalized spacial score (nSPS) is 10.1. The molecule has 0 bridgehead atoms. The molecule has 5 heteroatoms. The van der Waals surface area contributed by atoms with Crippen LogP contribution in [0.15, 0.2) is 36.8 Å². The van der Waals surface area contributed by atoms with Gasteiger partial charge < -0.3 is 10.1 Å². The van der Waals surface area contributed by atoms with Crippen molar-refractivity contribution in [3.63, 3.8) is 0 Å². The fraction of sp³-hybridized carbons (Fsp3) is 0.231. The van der Waals surface area contributed by atoms with E-state index in [1.54, 1.807) is 19.6 Å². The summed E-state index contributed by atoms with van der Waals surface area (Å²) in [7, 11) is 1.69. The molecule has 0 saturated carbocycles. The Hall–Kier alpha value is -1.37. The summed E-state index contributed by atoms with van der Waals surface area (Å²) < 4.78 is 6.34. The number of rotatable bonds is 5. The van der Waals surface area contributed by atoms with E-state index >= 15 is 0 Å². The summed E-state index contributed by atoms with van der Waals surface area (Å²) in [5.74, 6) is 1.80. The minimum Gasteiger partial charge on any atom is -0.496 e. The minimum atomic E-state index is 0.813. The first kappa shape index (κ1) is 13.1. The molecule has 0 fully saturated rings. The van der Waals surface area contributed by atoms with Gasteiger partial charge in [-0.05, 0) is 40.6 Å². The van der Waals surface area contributed by atoms with Crippen LogP contribution in [0.4, 0.5) is 5.82 Å². The molecule has 0 amide bonds. The average Bonchev–Trinajstić information content (AvgIpc) is 2.41. The molecule has 0 spiro atoms. The molecule has 2 rings (SSSR count). The molecule has 1 heterocycles. The monoisotopic (exact) mass is 355 g/mol. The van der Waals surface area contributed by atoms with Crippen molar-refractivity contribution in [3.05, 3.63) is 45.9 Å². The molecular weight excluding hydrogens is 341 g/mol. The Morgan fingerprint density at radius 2 is 2.17 bits per heavy atom. The zero-order chi connectivity index (χ0) is 12.8. The van der Waals surface area contributed by atoms with Gasteiger partial charge in [-0.15, -0.1) is 0 Å². The number of nitrogens with one attached hydrogen (secondary N) is 1. The molecule has 0 unspecified atom stereocenters. The van der Waals surface area contributed by atoms with Crippen LogP contribution in [0.2, 0.25) is 0 Å². The van der Waals surface area contributed by atoms with Crippen LogP contribution in [-0.2, 0) is 6.42 Å². The fourth-order valence-electron chi connectivity index (χ4n) is 1.67. The first-order valence-electron chi connectivity index (χ1n) is 5.62. The quantitative estimate of drug-likeness (QED) is 0.838. The number of anilines is 1. The third kappa shape index (κ3) is 3.32. The van der Waals surface area contributed by atoms with E-state index in [0.717, 1.165) is 28.1 Å². The molecular formula is C13H14IN3O. The van der Waals surface area contributed by atoms with E-state index in [-0.39, 0.29) is 0 Å². The third-order valence-electron chi connectivity index (χ3n) is 2.55. The number of hydrogen-bond donors (Lipinski definition) is 1. The average molecular weight is 355 g/mol. The molecule has 0 radical (unpaired) electrons. The lowest BCUT2D eigenvalue weighted by Gasteiger charge is -2.09. The zero-order valence-electron chi connectivity index (χ0n) is 10.1. The Morgan fingerprint density at radius 3 is 2.94 bits per heavy atom. The SMILES string of the molecule is COc1ccccc1CCNc1ncncc1I. The van der Waals surface area contributed by atoms with Gasteiger partial charge in [0.1, 0.15) is 17.9 Å². The highest BCUT2D eigenvalue weighted by molar-refractivity contribution is 14.1. The van der Waals surface area contributed by atoms with Crippen LogP contribution in [0, 0.1) is 3.57 Å². The Balaban J connectivity index is 1.95. The van der Waals surface area contributed by atoms with Gasteiger partial charge in [0.05, 0.1) is 10.7 Å². The van der Waals surface area contributed by atoms with Crippen molar-refractivity contribution in [1.29, 1.82) is 0 Å². The van der Waals surface area contributed by atoms with Gasteiger partial charge >= 0.3 is 0 Å². The summed E-state index contributed by atoms with van der Waals surface area (Å²) in [6.07, 6.45) is 4.23. The van der Waals surface area contributed by atoms with Crippen molar-refractivity contribution < 1.29 is 4.74 Å². The van der Waals surface area contributed by atoms with Crippen LogP contribution in [0.1, 0.15) is 5.56 Å². The lowest BCUT2D eigenvalue weighted by Crippen LogP contribution is -2.08. The number of benzene rings is 1. The van der Waals surface area contributed by atoms with E-state index in [1.165, 1.54) is 5.56 Å². The smallest absolute Gasteiger partial charge is 0.142 e. The first-order chi connectivity index (χ1) is 8.81. The van der Waals surface area contributed by atoms with Crippen molar-refractivity contribution in [3.8, 4) is 5.75 Å². The minimum absolute atomic E-state index is 0.813. The second-order valence-electron chi connectivity index (χ2n) is 3.71. The molecule has 0 aliphatic heterocycles. The van der Waals surface area contributed by atoms with E-state index in [0.29, 0.717) is 0 Å². The largest absolute Gasteiger partial charge is 0.496 e. The van der Waals surface area contributed by atoms with Crippen molar-refractivity contribution >= 4 is 28.4 Å². The van der Waals surface area contributed by atoms with E-state index in [1.807, 2.05) is 18.2 Å². The zero-order valence-corrected chi connectivity index (χ0v) is 12.2.